The Labute approximate surface area is 371 Å². The molecule has 58 heavy (non-hydrogen) atoms. The molecule has 0 saturated heterocycles. The fourth-order valence-electron chi connectivity index (χ4n) is 8.77. The van der Waals surface area contributed by atoms with Gasteiger partial charge in [0.2, 0.25) is 0 Å². The highest BCUT2D eigenvalue weighted by atomic mass is 32.2. The quantitative estimate of drug-likeness (QED) is 0.0458. The van der Waals surface area contributed by atoms with Crippen LogP contribution in [0.25, 0.3) is 29.3 Å². The highest BCUT2D eigenvalue weighted by molar-refractivity contribution is 7.93. The number of fused-ring (bicyclic) bond motifs is 3. The largest absolute Gasteiger partial charge is 0.265 e. The number of aryl methyl sites for hydroxylation is 2. The lowest BCUT2D eigenvalue weighted by Gasteiger charge is -2.32. The van der Waals surface area contributed by atoms with Crippen molar-refractivity contribution in [1.82, 2.24) is 0 Å². The van der Waals surface area contributed by atoms with Crippen LogP contribution in [0.2, 0.25) is 0 Å². The molecule has 0 radical (unpaired) electrons. The summed E-state index contributed by atoms with van der Waals surface area (Å²) in [6.07, 6.45) is 37.6. The highest BCUT2D eigenvalue weighted by Crippen LogP contribution is 2.54. The van der Waals surface area contributed by atoms with Crippen LogP contribution in [0.5, 0.6) is 0 Å². The maximum Gasteiger partial charge on any atom is 0.265 e. The summed E-state index contributed by atoms with van der Waals surface area (Å²) >= 11 is 7.09. The zero-order valence-electron chi connectivity index (χ0n) is 36.9. The molecule has 3 nitrogen and oxygen atoms in total. The first-order chi connectivity index (χ1) is 28.3. The van der Waals surface area contributed by atoms with Crippen molar-refractivity contribution in [1.29, 1.82) is 0 Å². The van der Waals surface area contributed by atoms with Crippen molar-refractivity contribution in [3.63, 3.8) is 0 Å². The van der Waals surface area contributed by atoms with Gasteiger partial charge in [-0.05, 0) is 69.0 Å². The van der Waals surface area contributed by atoms with E-state index in [2.05, 4.69) is 58.0 Å². The predicted molar refractivity (Wildman–Crippen MR) is 262 cm³/mol. The van der Waals surface area contributed by atoms with Crippen molar-refractivity contribution in [3.8, 4) is 29.3 Å². The van der Waals surface area contributed by atoms with Gasteiger partial charge in [0.25, 0.3) is 10.0 Å². The molecule has 5 heterocycles. The molecule has 8 heteroatoms. The molecule has 4 aromatic rings. The minimum atomic E-state index is -3.63. The Balaban J connectivity index is 1.18. The standard InChI is InChI=1S/C50H77NO2S5/c1-5-7-9-11-13-15-17-19-20-22-24-26-28-30-32-42(31-29-27-25-23-21-18-16-14-12-10-8-6-2)39-51-43-38-47(46-36-35-45(56-46)44-34-33-40(3)54-44)57-49(43)50-48(58(51,52)53)37-41(4)55-50/h33-38,42H,5-32,39H2,1-4H3. The van der Waals surface area contributed by atoms with Crippen LogP contribution >= 0.6 is 45.3 Å². The molecule has 4 aromatic heterocycles. The van der Waals surface area contributed by atoms with Crippen LogP contribution in [0.4, 0.5) is 5.69 Å². The third-order valence-corrected chi connectivity index (χ3v) is 19.0. The van der Waals surface area contributed by atoms with Gasteiger partial charge in [0.15, 0.2) is 0 Å². The Bertz CT molecular complexity index is 1830. The molecule has 1 aliphatic heterocycles. The fourth-order valence-corrected chi connectivity index (χ4v) is 15.4. The summed E-state index contributed by atoms with van der Waals surface area (Å²) in [5.74, 6) is 0.378. The Morgan fingerprint density at radius 3 is 1.36 bits per heavy atom. The molecule has 0 spiro atoms. The Morgan fingerprint density at radius 2 is 0.897 bits per heavy atom. The van der Waals surface area contributed by atoms with E-state index in [4.69, 9.17) is 0 Å². The zero-order chi connectivity index (χ0) is 41.0. The van der Waals surface area contributed by atoms with Gasteiger partial charge >= 0.3 is 0 Å². The van der Waals surface area contributed by atoms with Gasteiger partial charge in [-0.25, -0.2) is 8.42 Å². The average molecular weight is 885 g/mol. The predicted octanol–water partition coefficient (Wildman–Crippen LogP) is 18.6. The second kappa shape index (κ2) is 26.1. The first-order valence-corrected chi connectivity index (χ1v) is 28.5. The molecule has 0 bridgehead atoms. The number of hydrogen-bond donors (Lipinski definition) is 0. The Morgan fingerprint density at radius 1 is 0.466 bits per heavy atom. The summed E-state index contributed by atoms with van der Waals surface area (Å²) in [7, 11) is -3.63. The molecule has 1 unspecified atom stereocenters. The van der Waals surface area contributed by atoms with E-state index < -0.39 is 10.0 Å². The van der Waals surface area contributed by atoms with E-state index >= 15 is 0 Å². The lowest BCUT2D eigenvalue weighted by molar-refractivity contribution is 0.408. The molecular formula is C50H77NO2S5. The number of sulfonamides is 1. The number of thiophene rings is 4. The summed E-state index contributed by atoms with van der Waals surface area (Å²) in [6, 6.07) is 13.0. The first kappa shape index (κ1) is 47.6. The van der Waals surface area contributed by atoms with E-state index in [1.165, 1.54) is 191 Å². The van der Waals surface area contributed by atoms with E-state index in [1.807, 2.05) is 33.0 Å². The van der Waals surface area contributed by atoms with E-state index in [-0.39, 0.29) is 0 Å². The van der Waals surface area contributed by atoms with Crippen molar-refractivity contribution >= 4 is 61.1 Å². The molecule has 324 valence electrons. The summed E-state index contributed by atoms with van der Waals surface area (Å²) in [6.45, 7) is 9.40. The number of rotatable bonds is 32. The maximum absolute atomic E-state index is 14.6. The van der Waals surface area contributed by atoms with Crippen molar-refractivity contribution in [2.24, 2.45) is 5.92 Å². The molecule has 0 saturated carbocycles. The highest BCUT2D eigenvalue weighted by Gasteiger charge is 2.39. The minimum Gasteiger partial charge on any atom is -0.264 e. The molecule has 0 aromatic carbocycles. The van der Waals surface area contributed by atoms with Crippen molar-refractivity contribution in [3.05, 3.63) is 46.2 Å². The third-order valence-electron chi connectivity index (χ3n) is 12.3. The molecule has 1 atom stereocenters. The summed E-state index contributed by atoms with van der Waals surface area (Å²) in [5, 5.41) is 0. The molecule has 0 aliphatic carbocycles. The van der Waals surface area contributed by atoms with Gasteiger partial charge < -0.3 is 0 Å². The summed E-state index contributed by atoms with van der Waals surface area (Å²) in [5.41, 5.74) is 0.914. The third kappa shape index (κ3) is 14.9. The Hall–Kier alpha value is -1.45. The SMILES string of the molecule is CCCCCCCCCCCCCCCCC(CCCCCCCCCCCCCC)CN1c2cc(-c3ccc(-c4ccc(C)s4)s3)sc2-c2sc(C)cc2S1(=O)=O. The van der Waals surface area contributed by atoms with E-state index in [0.29, 0.717) is 17.4 Å². The van der Waals surface area contributed by atoms with Crippen LogP contribution in [0.3, 0.4) is 0 Å². The van der Waals surface area contributed by atoms with Crippen molar-refractivity contribution in [2.45, 2.75) is 212 Å². The van der Waals surface area contributed by atoms with E-state index in [1.54, 1.807) is 22.7 Å². The number of unbranched alkanes of at least 4 members (excludes halogenated alkanes) is 24. The van der Waals surface area contributed by atoms with Crippen molar-refractivity contribution < 1.29 is 8.42 Å². The van der Waals surface area contributed by atoms with Crippen LogP contribution < -0.4 is 4.31 Å². The molecule has 0 amide bonds. The van der Waals surface area contributed by atoms with E-state index in [0.717, 1.165) is 33.2 Å². The smallest absolute Gasteiger partial charge is 0.264 e. The van der Waals surface area contributed by atoms with Gasteiger partial charge in [0.05, 0.1) is 15.4 Å². The molecule has 1 aliphatic rings. The van der Waals surface area contributed by atoms with Crippen LogP contribution in [-0.2, 0) is 10.0 Å². The first-order valence-electron chi connectivity index (χ1n) is 23.8. The molecule has 5 rings (SSSR count). The molecular weight excluding hydrogens is 807 g/mol. The van der Waals surface area contributed by atoms with Crippen molar-refractivity contribution in [2.75, 3.05) is 10.8 Å². The monoisotopic (exact) mass is 883 g/mol. The van der Waals surface area contributed by atoms with Gasteiger partial charge in [0, 0.05) is 35.8 Å². The van der Waals surface area contributed by atoms with Crippen LogP contribution in [-0.4, -0.2) is 15.0 Å². The van der Waals surface area contributed by atoms with Crippen LogP contribution in [0.1, 0.15) is 203 Å². The van der Waals surface area contributed by atoms with Gasteiger partial charge in [-0.15, -0.1) is 45.3 Å². The van der Waals surface area contributed by atoms with Gasteiger partial charge in [-0.3, -0.25) is 4.31 Å². The van der Waals surface area contributed by atoms with Crippen LogP contribution in [0.15, 0.2) is 41.3 Å². The van der Waals surface area contributed by atoms with Gasteiger partial charge in [-0.2, -0.15) is 0 Å². The lowest BCUT2D eigenvalue weighted by Crippen LogP contribution is -2.37. The number of nitrogens with zero attached hydrogens (tertiary/aromatic N) is 1. The number of hydrogen-bond acceptors (Lipinski definition) is 6. The Kier molecular flexibility index (Phi) is 21.4. The van der Waals surface area contributed by atoms with Gasteiger partial charge in [0.1, 0.15) is 4.90 Å². The van der Waals surface area contributed by atoms with Crippen LogP contribution in [0, 0.1) is 19.8 Å². The normalized spacial score (nSPS) is 14.0. The summed E-state index contributed by atoms with van der Waals surface area (Å²) < 4.78 is 31.0. The number of anilines is 1. The molecule has 0 fully saturated rings. The van der Waals surface area contributed by atoms with Gasteiger partial charge in [-0.1, -0.05) is 181 Å². The summed E-state index contributed by atoms with van der Waals surface area (Å²) in [4.78, 5) is 9.99. The molecule has 0 N–H and O–H groups in total. The fraction of sp³-hybridized carbons (Fsp3) is 0.680. The lowest BCUT2D eigenvalue weighted by atomic mass is 9.93. The zero-order valence-corrected chi connectivity index (χ0v) is 40.9. The second-order valence-corrected chi connectivity index (χ2v) is 23.9. The topological polar surface area (TPSA) is 37.4 Å². The second-order valence-electron chi connectivity index (χ2n) is 17.4. The minimum absolute atomic E-state index is 0.378. The van der Waals surface area contributed by atoms with E-state index in [9.17, 15) is 8.42 Å². The maximum atomic E-state index is 14.6. The average Bonchev–Trinajstić information content (AvgIpc) is 4.03.